The van der Waals surface area contributed by atoms with Gasteiger partial charge in [0.1, 0.15) is 0 Å². The zero-order chi connectivity index (χ0) is 14.6. The molecule has 0 spiro atoms. The molecule has 6 heteroatoms. The quantitative estimate of drug-likeness (QED) is 0.783. The molecule has 1 aromatic rings. The summed E-state index contributed by atoms with van der Waals surface area (Å²) < 4.78 is 0. The van der Waals surface area contributed by atoms with Gasteiger partial charge < -0.3 is 16.4 Å². The van der Waals surface area contributed by atoms with Crippen LogP contribution in [0, 0.1) is 0 Å². The van der Waals surface area contributed by atoms with Crippen molar-refractivity contribution in [2.24, 2.45) is 5.73 Å². The lowest BCUT2D eigenvalue weighted by atomic mass is 10.1. The van der Waals surface area contributed by atoms with Gasteiger partial charge in [0.25, 0.3) is 0 Å². The fraction of sp³-hybridized carbons (Fsp3) is 0.308. The Bertz CT molecular complexity index is 501. The fourth-order valence-electron chi connectivity index (χ4n) is 1.57. The van der Waals surface area contributed by atoms with Crippen molar-refractivity contribution < 1.29 is 4.79 Å². The van der Waals surface area contributed by atoms with Gasteiger partial charge in [0.2, 0.25) is 5.91 Å². The Morgan fingerprint density at radius 1 is 1.42 bits per heavy atom. The Morgan fingerprint density at radius 2 is 2.05 bits per heavy atom. The number of halogens is 2. The van der Waals surface area contributed by atoms with Gasteiger partial charge >= 0.3 is 0 Å². The standard InChI is InChI=1S/C13H17Cl2N3O/c1-7(2)17-11-5-4-10(14)9(13(11)15)6-12(19)18-8(3)16/h4-5,7,17H,3,6,16H2,1-2H3,(H,18,19). The van der Waals surface area contributed by atoms with Crippen molar-refractivity contribution in [2.45, 2.75) is 26.3 Å². The van der Waals surface area contributed by atoms with Crippen molar-refractivity contribution >= 4 is 34.8 Å². The molecule has 0 aliphatic carbocycles. The van der Waals surface area contributed by atoms with Crippen LogP contribution in [0.4, 0.5) is 5.69 Å². The molecule has 4 nitrogen and oxygen atoms in total. The number of nitrogens with two attached hydrogens (primary N) is 1. The number of hydrogen-bond donors (Lipinski definition) is 3. The monoisotopic (exact) mass is 301 g/mol. The zero-order valence-corrected chi connectivity index (χ0v) is 12.4. The predicted molar refractivity (Wildman–Crippen MR) is 80.4 cm³/mol. The number of amides is 1. The molecule has 1 aromatic carbocycles. The summed E-state index contributed by atoms with van der Waals surface area (Å²) >= 11 is 12.3. The van der Waals surface area contributed by atoms with Gasteiger partial charge in [-0.05, 0) is 26.0 Å². The van der Waals surface area contributed by atoms with E-state index in [4.69, 9.17) is 28.9 Å². The van der Waals surface area contributed by atoms with Crippen molar-refractivity contribution in [3.05, 3.63) is 40.1 Å². The minimum absolute atomic E-state index is 0.0432. The molecule has 0 saturated heterocycles. The van der Waals surface area contributed by atoms with Crippen LogP contribution in [-0.2, 0) is 11.2 Å². The molecule has 0 aliphatic rings. The molecular weight excluding hydrogens is 285 g/mol. The minimum Gasteiger partial charge on any atom is -0.386 e. The summed E-state index contributed by atoms with van der Waals surface area (Å²) in [7, 11) is 0. The Balaban J connectivity index is 2.99. The topological polar surface area (TPSA) is 67.1 Å². The van der Waals surface area contributed by atoms with Crippen molar-refractivity contribution in [3.63, 3.8) is 0 Å². The van der Waals surface area contributed by atoms with E-state index in [-0.39, 0.29) is 24.2 Å². The van der Waals surface area contributed by atoms with Gasteiger partial charge in [0.15, 0.2) is 0 Å². The van der Waals surface area contributed by atoms with E-state index in [1.54, 1.807) is 12.1 Å². The highest BCUT2D eigenvalue weighted by molar-refractivity contribution is 6.38. The van der Waals surface area contributed by atoms with Crippen LogP contribution >= 0.6 is 23.2 Å². The summed E-state index contributed by atoms with van der Waals surface area (Å²) in [6, 6.07) is 3.72. The molecule has 4 N–H and O–H groups in total. The van der Waals surface area contributed by atoms with E-state index in [9.17, 15) is 4.79 Å². The Hall–Kier alpha value is -1.39. The van der Waals surface area contributed by atoms with E-state index in [1.807, 2.05) is 13.8 Å². The molecule has 1 amide bonds. The Labute approximate surface area is 123 Å². The second-order valence-corrected chi connectivity index (χ2v) is 5.22. The van der Waals surface area contributed by atoms with Gasteiger partial charge in [-0.15, -0.1) is 0 Å². The highest BCUT2D eigenvalue weighted by Gasteiger charge is 2.14. The van der Waals surface area contributed by atoms with E-state index < -0.39 is 0 Å². The van der Waals surface area contributed by atoms with E-state index in [0.717, 1.165) is 5.69 Å². The highest BCUT2D eigenvalue weighted by Crippen LogP contribution is 2.32. The van der Waals surface area contributed by atoms with Crippen molar-refractivity contribution in [1.29, 1.82) is 0 Å². The Morgan fingerprint density at radius 3 is 2.58 bits per heavy atom. The molecule has 0 atom stereocenters. The van der Waals surface area contributed by atoms with Gasteiger partial charge in [0.05, 0.1) is 23.0 Å². The second-order valence-electron chi connectivity index (χ2n) is 4.44. The number of anilines is 1. The largest absolute Gasteiger partial charge is 0.386 e. The summed E-state index contributed by atoms with van der Waals surface area (Å²) in [5, 5.41) is 6.49. The van der Waals surface area contributed by atoms with Gasteiger partial charge in [-0.1, -0.05) is 29.8 Å². The molecule has 0 bridgehead atoms. The van der Waals surface area contributed by atoms with Gasteiger partial charge in [-0.25, -0.2) is 0 Å². The summed E-state index contributed by atoms with van der Waals surface area (Å²) in [5.41, 5.74) is 6.62. The number of carbonyl (C=O) groups is 1. The molecule has 19 heavy (non-hydrogen) atoms. The molecule has 0 heterocycles. The van der Waals surface area contributed by atoms with E-state index in [0.29, 0.717) is 15.6 Å². The summed E-state index contributed by atoms with van der Waals surface area (Å²) in [4.78, 5) is 11.7. The molecule has 0 radical (unpaired) electrons. The average molecular weight is 302 g/mol. The van der Waals surface area contributed by atoms with E-state index in [1.165, 1.54) is 0 Å². The van der Waals surface area contributed by atoms with Crippen LogP contribution < -0.4 is 16.4 Å². The lowest BCUT2D eigenvalue weighted by Crippen LogP contribution is -2.28. The number of rotatable bonds is 5. The molecule has 0 saturated carbocycles. The van der Waals surface area contributed by atoms with Crippen LogP contribution in [0.2, 0.25) is 10.0 Å². The van der Waals surface area contributed by atoms with E-state index in [2.05, 4.69) is 17.2 Å². The summed E-state index contributed by atoms with van der Waals surface area (Å²) in [6.45, 7) is 7.40. The first kappa shape index (κ1) is 15.7. The average Bonchev–Trinajstić information content (AvgIpc) is 2.27. The zero-order valence-electron chi connectivity index (χ0n) is 10.9. The first-order chi connectivity index (χ1) is 8.81. The molecule has 104 valence electrons. The highest BCUT2D eigenvalue weighted by atomic mass is 35.5. The first-order valence-corrected chi connectivity index (χ1v) is 6.54. The number of nitrogens with one attached hydrogen (secondary N) is 2. The van der Waals surface area contributed by atoms with Crippen molar-refractivity contribution in [1.82, 2.24) is 5.32 Å². The lowest BCUT2D eigenvalue weighted by molar-refractivity contribution is -0.119. The molecule has 0 aromatic heterocycles. The van der Waals surface area contributed by atoms with Crippen LogP contribution in [0.25, 0.3) is 0 Å². The predicted octanol–water partition coefficient (Wildman–Crippen LogP) is 2.90. The second kappa shape index (κ2) is 6.68. The van der Waals surface area contributed by atoms with E-state index >= 15 is 0 Å². The maximum Gasteiger partial charge on any atom is 0.229 e. The summed E-state index contributed by atoms with van der Waals surface area (Å²) in [5.74, 6) is -0.216. The van der Waals surface area contributed by atoms with Crippen LogP contribution in [-0.4, -0.2) is 11.9 Å². The molecule has 0 fully saturated rings. The third-order valence-electron chi connectivity index (χ3n) is 2.27. The molecular formula is C13H17Cl2N3O. The molecule has 0 unspecified atom stereocenters. The maximum absolute atomic E-state index is 11.7. The Kier molecular flexibility index (Phi) is 5.51. The number of hydrogen-bond acceptors (Lipinski definition) is 3. The third kappa shape index (κ3) is 4.65. The minimum atomic E-state index is -0.307. The number of carbonyl (C=O) groups excluding carboxylic acids is 1. The normalized spacial score (nSPS) is 10.4. The SMILES string of the molecule is C=C(N)NC(=O)Cc1c(Cl)ccc(NC(C)C)c1Cl. The van der Waals surface area contributed by atoms with Crippen LogP contribution in [0.15, 0.2) is 24.5 Å². The van der Waals surface area contributed by atoms with Gasteiger partial charge in [0, 0.05) is 16.6 Å². The summed E-state index contributed by atoms with van der Waals surface area (Å²) in [6.07, 6.45) is 0.0432. The molecule has 0 aliphatic heterocycles. The number of benzene rings is 1. The van der Waals surface area contributed by atoms with Gasteiger partial charge in [-0.3, -0.25) is 4.79 Å². The lowest BCUT2D eigenvalue weighted by Gasteiger charge is -2.15. The van der Waals surface area contributed by atoms with Crippen molar-refractivity contribution in [2.75, 3.05) is 5.32 Å². The maximum atomic E-state index is 11.7. The third-order valence-corrected chi connectivity index (χ3v) is 3.05. The van der Waals surface area contributed by atoms with Crippen LogP contribution in [0.5, 0.6) is 0 Å². The van der Waals surface area contributed by atoms with Crippen molar-refractivity contribution in [3.8, 4) is 0 Å². The smallest absolute Gasteiger partial charge is 0.229 e. The molecule has 1 rings (SSSR count). The van der Waals surface area contributed by atoms with Crippen LogP contribution in [0.1, 0.15) is 19.4 Å². The van der Waals surface area contributed by atoms with Gasteiger partial charge in [-0.2, -0.15) is 0 Å². The fourth-order valence-corrected chi connectivity index (χ4v) is 2.12. The van der Waals surface area contributed by atoms with Crippen LogP contribution in [0.3, 0.4) is 0 Å². The first-order valence-electron chi connectivity index (χ1n) is 5.79.